The summed E-state index contributed by atoms with van der Waals surface area (Å²) in [5.41, 5.74) is 1.36. The van der Waals surface area contributed by atoms with E-state index >= 15 is 0 Å². The zero-order chi connectivity index (χ0) is 19.9. The number of para-hydroxylation sites is 1. The highest BCUT2D eigenvalue weighted by molar-refractivity contribution is 7.14. The predicted octanol–water partition coefficient (Wildman–Crippen LogP) is 4.22. The number of rotatable bonds is 7. The van der Waals surface area contributed by atoms with Gasteiger partial charge in [-0.15, -0.1) is 11.3 Å². The number of ether oxygens (including phenoxy) is 1. The van der Waals surface area contributed by atoms with Gasteiger partial charge in [-0.1, -0.05) is 30.3 Å². The van der Waals surface area contributed by atoms with Gasteiger partial charge in [0.1, 0.15) is 10.8 Å². The van der Waals surface area contributed by atoms with E-state index in [1.165, 1.54) is 18.3 Å². The van der Waals surface area contributed by atoms with E-state index in [4.69, 9.17) is 4.74 Å². The summed E-state index contributed by atoms with van der Waals surface area (Å²) in [7, 11) is 0. The molecule has 2 aromatic carbocycles. The van der Waals surface area contributed by atoms with Crippen LogP contribution in [0.3, 0.4) is 0 Å². The SMILES string of the molecule is CC(=O)c1cccc(NC(=O)c2ccsc2NC(=O)COc2ccccc2)c1. The van der Waals surface area contributed by atoms with Crippen molar-refractivity contribution in [3.05, 3.63) is 77.2 Å². The Kier molecular flexibility index (Phi) is 6.18. The summed E-state index contributed by atoms with van der Waals surface area (Å²) < 4.78 is 5.41. The summed E-state index contributed by atoms with van der Waals surface area (Å²) in [6, 6.07) is 17.3. The zero-order valence-electron chi connectivity index (χ0n) is 15.1. The van der Waals surface area contributed by atoms with Crippen molar-refractivity contribution in [1.29, 1.82) is 0 Å². The van der Waals surface area contributed by atoms with Crippen LogP contribution in [-0.2, 0) is 4.79 Å². The van der Waals surface area contributed by atoms with E-state index in [-0.39, 0.29) is 24.2 Å². The fourth-order valence-electron chi connectivity index (χ4n) is 2.43. The van der Waals surface area contributed by atoms with Gasteiger partial charge in [0, 0.05) is 11.3 Å². The van der Waals surface area contributed by atoms with Gasteiger partial charge in [-0.25, -0.2) is 0 Å². The Balaban J connectivity index is 1.62. The number of benzene rings is 2. The summed E-state index contributed by atoms with van der Waals surface area (Å²) in [6.45, 7) is 1.30. The first-order valence-electron chi connectivity index (χ1n) is 8.50. The van der Waals surface area contributed by atoms with Gasteiger partial charge in [-0.05, 0) is 42.6 Å². The Bertz CT molecular complexity index is 998. The molecule has 0 bridgehead atoms. The smallest absolute Gasteiger partial charge is 0.262 e. The number of thiophene rings is 1. The van der Waals surface area contributed by atoms with Gasteiger partial charge in [0.2, 0.25) is 0 Å². The van der Waals surface area contributed by atoms with Crippen molar-refractivity contribution in [2.24, 2.45) is 0 Å². The normalized spacial score (nSPS) is 10.2. The number of hydrogen-bond donors (Lipinski definition) is 2. The predicted molar refractivity (Wildman–Crippen MR) is 109 cm³/mol. The van der Waals surface area contributed by atoms with E-state index in [0.717, 1.165) is 0 Å². The molecule has 0 fully saturated rings. The van der Waals surface area contributed by atoms with Crippen LogP contribution in [0.25, 0.3) is 0 Å². The number of anilines is 2. The molecule has 0 atom stereocenters. The second-order valence-corrected chi connectivity index (χ2v) is 6.82. The topological polar surface area (TPSA) is 84.5 Å². The van der Waals surface area contributed by atoms with E-state index in [0.29, 0.717) is 27.6 Å². The lowest BCUT2D eigenvalue weighted by atomic mass is 10.1. The van der Waals surface area contributed by atoms with Gasteiger partial charge in [0.05, 0.1) is 5.56 Å². The molecule has 1 aromatic heterocycles. The molecule has 0 radical (unpaired) electrons. The minimum atomic E-state index is -0.374. The second-order valence-electron chi connectivity index (χ2n) is 5.90. The first-order chi connectivity index (χ1) is 13.5. The van der Waals surface area contributed by atoms with Crippen molar-refractivity contribution >= 4 is 39.6 Å². The number of nitrogens with one attached hydrogen (secondary N) is 2. The number of amides is 2. The van der Waals surface area contributed by atoms with Gasteiger partial charge in [-0.2, -0.15) is 0 Å². The molecule has 0 unspecified atom stereocenters. The monoisotopic (exact) mass is 394 g/mol. The molecule has 6 nitrogen and oxygen atoms in total. The summed E-state index contributed by atoms with van der Waals surface area (Å²) in [5.74, 6) is -0.231. The largest absolute Gasteiger partial charge is 0.484 e. The van der Waals surface area contributed by atoms with Crippen LogP contribution < -0.4 is 15.4 Å². The fourth-order valence-corrected chi connectivity index (χ4v) is 3.23. The van der Waals surface area contributed by atoms with Gasteiger partial charge < -0.3 is 15.4 Å². The Hall–Kier alpha value is -3.45. The van der Waals surface area contributed by atoms with Crippen LogP contribution in [-0.4, -0.2) is 24.2 Å². The molecule has 28 heavy (non-hydrogen) atoms. The van der Waals surface area contributed by atoms with Crippen LogP contribution in [0.2, 0.25) is 0 Å². The minimum absolute atomic E-state index is 0.0852. The average molecular weight is 394 g/mol. The Morgan fingerprint density at radius 3 is 2.50 bits per heavy atom. The van der Waals surface area contributed by atoms with Crippen molar-refractivity contribution in [2.75, 3.05) is 17.2 Å². The molecule has 0 spiro atoms. The second kappa shape index (κ2) is 8.96. The zero-order valence-corrected chi connectivity index (χ0v) is 15.9. The van der Waals surface area contributed by atoms with Crippen molar-refractivity contribution in [3.8, 4) is 5.75 Å². The molecular weight excluding hydrogens is 376 g/mol. The average Bonchev–Trinajstić information content (AvgIpc) is 3.15. The minimum Gasteiger partial charge on any atom is -0.484 e. The molecule has 0 aliphatic heterocycles. The maximum Gasteiger partial charge on any atom is 0.262 e. The number of carbonyl (C=O) groups excluding carboxylic acids is 3. The van der Waals surface area contributed by atoms with Crippen molar-refractivity contribution < 1.29 is 19.1 Å². The van der Waals surface area contributed by atoms with Crippen LogP contribution in [0.15, 0.2) is 66.0 Å². The maximum atomic E-state index is 12.6. The quantitative estimate of drug-likeness (QED) is 0.588. The fraction of sp³-hybridized carbons (Fsp3) is 0.0952. The first kappa shape index (κ1) is 19.3. The van der Waals surface area contributed by atoms with Gasteiger partial charge in [0.15, 0.2) is 12.4 Å². The van der Waals surface area contributed by atoms with Crippen molar-refractivity contribution in [1.82, 2.24) is 0 Å². The first-order valence-corrected chi connectivity index (χ1v) is 9.38. The number of ketones is 1. The summed E-state index contributed by atoms with van der Waals surface area (Å²) in [5, 5.41) is 7.59. The Labute approximate surface area is 166 Å². The number of carbonyl (C=O) groups is 3. The molecule has 7 heteroatoms. The van der Waals surface area contributed by atoms with E-state index in [9.17, 15) is 14.4 Å². The van der Waals surface area contributed by atoms with Crippen molar-refractivity contribution in [3.63, 3.8) is 0 Å². The molecule has 0 saturated carbocycles. The lowest BCUT2D eigenvalue weighted by Crippen LogP contribution is -2.21. The van der Waals surface area contributed by atoms with Crippen LogP contribution in [0.4, 0.5) is 10.7 Å². The van der Waals surface area contributed by atoms with Gasteiger partial charge in [0.25, 0.3) is 11.8 Å². The molecule has 0 aliphatic carbocycles. The lowest BCUT2D eigenvalue weighted by Gasteiger charge is -2.09. The highest BCUT2D eigenvalue weighted by Crippen LogP contribution is 2.24. The molecule has 3 aromatic rings. The van der Waals surface area contributed by atoms with E-state index in [1.54, 1.807) is 47.8 Å². The molecule has 0 saturated heterocycles. The van der Waals surface area contributed by atoms with Crippen LogP contribution in [0, 0.1) is 0 Å². The standard InChI is InChI=1S/C21H18N2O4S/c1-14(24)15-6-5-7-16(12-15)22-20(26)18-10-11-28-21(18)23-19(25)13-27-17-8-3-2-4-9-17/h2-12H,13H2,1H3,(H,22,26)(H,23,25). The lowest BCUT2D eigenvalue weighted by molar-refractivity contribution is -0.118. The van der Waals surface area contributed by atoms with Crippen LogP contribution in [0.1, 0.15) is 27.6 Å². The third kappa shape index (κ3) is 5.05. The molecule has 2 N–H and O–H groups in total. The molecular formula is C21H18N2O4S. The summed E-state index contributed by atoms with van der Waals surface area (Å²) in [6.07, 6.45) is 0. The highest BCUT2D eigenvalue weighted by atomic mass is 32.1. The van der Waals surface area contributed by atoms with Gasteiger partial charge in [-0.3, -0.25) is 14.4 Å². The van der Waals surface area contributed by atoms with E-state index in [1.807, 2.05) is 18.2 Å². The maximum absolute atomic E-state index is 12.6. The highest BCUT2D eigenvalue weighted by Gasteiger charge is 2.16. The van der Waals surface area contributed by atoms with E-state index in [2.05, 4.69) is 10.6 Å². The molecule has 1 heterocycles. The molecule has 3 rings (SSSR count). The number of hydrogen-bond acceptors (Lipinski definition) is 5. The van der Waals surface area contributed by atoms with Crippen LogP contribution >= 0.6 is 11.3 Å². The van der Waals surface area contributed by atoms with Crippen LogP contribution in [0.5, 0.6) is 5.75 Å². The van der Waals surface area contributed by atoms with Gasteiger partial charge >= 0.3 is 0 Å². The van der Waals surface area contributed by atoms with E-state index < -0.39 is 0 Å². The molecule has 142 valence electrons. The van der Waals surface area contributed by atoms with Crippen molar-refractivity contribution in [2.45, 2.75) is 6.92 Å². The third-order valence-electron chi connectivity index (χ3n) is 3.80. The number of Topliss-reactive ketones (excluding diaryl/α,β-unsaturated/α-hetero) is 1. The summed E-state index contributed by atoms with van der Waals surface area (Å²) >= 11 is 1.24. The Morgan fingerprint density at radius 1 is 0.964 bits per heavy atom. The summed E-state index contributed by atoms with van der Waals surface area (Å²) in [4.78, 5) is 36.2. The Morgan fingerprint density at radius 2 is 1.75 bits per heavy atom. The molecule has 0 aliphatic rings. The molecule has 2 amide bonds. The third-order valence-corrected chi connectivity index (χ3v) is 4.63.